The van der Waals surface area contributed by atoms with Crippen LogP contribution in [-0.2, 0) is 6.18 Å². The molecule has 0 aliphatic rings. The highest BCUT2D eigenvalue weighted by Crippen LogP contribution is 2.30. The summed E-state index contributed by atoms with van der Waals surface area (Å²) in [6.07, 6.45) is -2.64. The standard InChI is InChI=1S/C8H3ClF3N3/c9-7-6-5(14-3-15-7)1-4(2-13-6)8(10,11)12/h1-3H. The molecule has 7 heteroatoms. The van der Waals surface area contributed by atoms with Crippen LogP contribution in [0, 0.1) is 0 Å². The lowest BCUT2D eigenvalue weighted by Crippen LogP contribution is -2.05. The van der Waals surface area contributed by atoms with Gasteiger partial charge in [0.05, 0.1) is 11.1 Å². The molecule has 3 nitrogen and oxygen atoms in total. The van der Waals surface area contributed by atoms with E-state index in [0.29, 0.717) is 6.20 Å². The van der Waals surface area contributed by atoms with Gasteiger partial charge in [-0.25, -0.2) is 9.97 Å². The maximum Gasteiger partial charge on any atom is 0.417 e. The van der Waals surface area contributed by atoms with Crippen LogP contribution in [-0.4, -0.2) is 15.0 Å². The second kappa shape index (κ2) is 3.30. The first-order valence-corrected chi connectivity index (χ1v) is 4.20. The van der Waals surface area contributed by atoms with Gasteiger partial charge in [-0.2, -0.15) is 13.2 Å². The van der Waals surface area contributed by atoms with Crippen molar-refractivity contribution in [1.82, 2.24) is 15.0 Å². The fraction of sp³-hybridized carbons (Fsp3) is 0.125. The first-order valence-electron chi connectivity index (χ1n) is 3.82. The van der Waals surface area contributed by atoms with E-state index in [1.807, 2.05) is 0 Å². The van der Waals surface area contributed by atoms with Crippen molar-refractivity contribution in [1.29, 1.82) is 0 Å². The number of nitrogens with zero attached hydrogens (tertiary/aromatic N) is 3. The maximum atomic E-state index is 12.3. The van der Waals surface area contributed by atoms with Crippen molar-refractivity contribution in [3.63, 3.8) is 0 Å². The number of hydrogen-bond donors (Lipinski definition) is 0. The van der Waals surface area contributed by atoms with E-state index in [1.165, 1.54) is 0 Å². The van der Waals surface area contributed by atoms with E-state index in [-0.39, 0.29) is 16.2 Å². The van der Waals surface area contributed by atoms with E-state index in [4.69, 9.17) is 11.6 Å². The molecule has 2 aromatic rings. The summed E-state index contributed by atoms with van der Waals surface area (Å²) in [6.45, 7) is 0. The van der Waals surface area contributed by atoms with Gasteiger partial charge in [-0.3, -0.25) is 4.98 Å². The minimum absolute atomic E-state index is 0.0359. The van der Waals surface area contributed by atoms with E-state index in [1.54, 1.807) is 0 Å². The molecule has 0 bridgehead atoms. The summed E-state index contributed by atoms with van der Waals surface area (Å²) in [4.78, 5) is 10.8. The fourth-order valence-corrected chi connectivity index (χ4v) is 1.26. The topological polar surface area (TPSA) is 38.7 Å². The summed E-state index contributed by atoms with van der Waals surface area (Å²) in [5.74, 6) is 0. The molecule has 0 saturated heterocycles. The van der Waals surface area contributed by atoms with Crippen LogP contribution in [0.3, 0.4) is 0 Å². The van der Waals surface area contributed by atoms with Crippen molar-refractivity contribution < 1.29 is 13.2 Å². The third-order valence-corrected chi connectivity index (χ3v) is 2.03. The largest absolute Gasteiger partial charge is 0.417 e. The van der Waals surface area contributed by atoms with Crippen molar-refractivity contribution in [2.75, 3.05) is 0 Å². The Labute approximate surface area is 86.9 Å². The van der Waals surface area contributed by atoms with Gasteiger partial charge in [-0.1, -0.05) is 11.6 Å². The minimum Gasteiger partial charge on any atom is -0.251 e. The normalized spacial score (nSPS) is 12.0. The lowest BCUT2D eigenvalue weighted by Gasteiger charge is -2.06. The molecule has 0 aliphatic carbocycles. The Morgan fingerprint density at radius 2 is 1.87 bits per heavy atom. The van der Waals surface area contributed by atoms with Crippen LogP contribution in [0.15, 0.2) is 18.6 Å². The monoisotopic (exact) mass is 233 g/mol. The Balaban J connectivity index is 2.68. The number of fused-ring (bicyclic) bond motifs is 1. The Morgan fingerprint density at radius 1 is 1.13 bits per heavy atom. The Morgan fingerprint density at radius 3 is 2.53 bits per heavy atom. The molecule has 0 radical (unpaired) electrons. The van der Waals surface area contributed by atoms with Crippen LogP contribution in [0.5, 0.6) is 0 Å². The van der Waals surface area contributed by atoms with Gasteiger partial charge in [0.25, 0.3) is 0 Å². The molecular weight excluding hydrogens is 231 g/mol. The number of rotatable bonds is 0. The van der Waals surface area contributed by atoms with Gasteiger partial charge >= 0.3 is 6.18 Å². The van der Waals surface area contributed by atoms with Crippen LogP contribution in [0.1, 0.15) is 5.56 Å². The fourth-order valence-electron chi connectivity index (χ4n) is 1.07. The zero-order valence-electron chi connectivity index (χ0n) is 7.09. The van der Waals surface area contributed by atoms with Crippen LogP contribution < -0.4 is 0 Å². The Hall–Kier alpha value is -1.43. The number of alkyl halides is 3. The highest BCUT2D eigenvalue weighted by molar-refractivity contribution is 6.33. The molecule has 0 N–H and O–H groups in total. The van der Waals surface area contributed by atoms with Crippen molar-refractivity contribution in [2.45, 2.75) is 6.18 Å². The molecule has 0 spiro atoms. The molecule has 0 saturated carbocycles. The highest BCUT2D eigenvalue weighted by atomic mass is 35.5. The predicted octanol–water partition coefficient (Wildman–Crippen LogP) is 2.70. The maximum absolute atomic E-state index is 12.3. The van der Waals surface area contributed by atoms with Crippen molar-refractivity contribution in [2.24, 2.45) is 0 Å². The number of aromatic nitrogens is 3. The van der Waals surface area contributed by atoms with E-state index in [2.05, 4.69) is 15.0 Å². The predicted molar refractivity (Wildman–Crippen MR) is 47.3 cm³/mol. The lowest BCUT2D eigenvalue weighted by atomic mass is 10.2. The van der Waals surface area contributed by atoms with Crippen LogP contribution in [0.4, 0.5) is 13.2 Å². The van der Waals surface area contributed by atoms with Crippen molar-refractivity contribution >= 4 is 22.6 Å². The average Bonchev–Trinajstić information content (AvgIpc) is 2.16. The molecule has 0 aliphatic heterocycles. The van der Waals surface area contributed by atoms with Crippen LogP contribution in [0.2, 0.25) is 5.15 Å². The molecule has 2 rings (SSSR count). The summed E-state index contributed by atoms with van der Waals surface area (Å²) in [6, 6.07) is 0.885. The third-order valence-electron chi connectivity index (χ3n) is 1.76. The second-order valence-electron chi connectivity index (χ2n) is 2.75. The first-order chi connectivity index (χ1) is 6.98. The van der Waals surface area contributed by atoms with Gasteiger partial charge in [0.2, 0.25) is 0 Å². The van der Waals surface area contributed by atoms with Gasteiger partial charge in [-0.05, 0) is 6.07 Å². The van der Waals surface area contributed by atoms with Crippen molar-refractivity contribution in [3.05, 3.63) is 29.3 Å². The summed E-state index contributed by atoms with van der Waals surface area (Å²) < 4.78 is 36.9. The molecule has 0 aromatic carbocycles. The SMILES string of the molecule is FC(F)(F)c1cnc2c(Cl)ncnc2c1. The summed E-state index contributed by atoms with van der Waals surface area (Å²) in [7, 11) is 0. The zero-order valence-corrected chi connectivity index (χ0v) is 7.84. The van der Waals surface area contributed by atoms with Gasteiger partial charge in [0, 0.05) is 6.20 Å². The molecule has 78 valence electrons. The molecule has 0 amide bonds. The van der Waals surface area contributed by atoms with E-state index >= 15 is 0 Å². The molecule has 2 aromatic heterocycles. The first kappa shape index (κ1) is 10.1. The summed E-state index contributed by atoms with van der Waals surface area (Å²) >= 11 is 5.63. The smallest absolute Gasteiger partial charge is 0.251 e. The van der Waals surface area contributed by atoms with E-state index < -0.39 is 11.7 Å². The second-order valence-corrected chi connectivity index (χ2v) is 3.11. The highest BCUT2D eigenvalue weighted by Gasteiger charge is 2.31. The van der Waals surface area contributed by atoms with Gasteiger partial charge in [0.15, 0.2) is 5.15 Å². The third kappa shape index (κ3) is 1.85. The molecule has 2 heterocycles. The van der Waals surface area contributed by atoms with Crippen LogP contribution >= 0.6 is 11.6 Å². The zero-order chi connectivity index (χ0) is 11.1. The van der Waals surface area contributed by atoms with E-state index in [0.717, 1.165) is 12.4 Å². The Kier molecular flexibility index (Phi) is 2.22. The average molecular weight is 234 g/mol. The molecule has 0 atom stereocenters. The number of pyridine rings is 1. The van der Waals surface area contributed by atoms with E-state index in [9.17, 15) is 13.2 Å². The van der Waals surface area contributed by atoms with Gasteiger partial charge in [0.1, 0.15) is 11.8 Å². The van der Waals surface area contributed by atoms with Gasteiger partial charge in [-0.15, -0.1) is 0 Å². The molecular formula is C8H3ClF3N3. The minimum atomic E-state index is -4.43. The van der Waals surface area contributed by atoms with Gasteiger partial charge < -0.3 is 0 Å². The summed E-state index contributed by atoms with van der Waals surface area (Å²) in [5, 5.41) is 0.0359. The molecule has 0 unspecified atom stereocenters. The molecule has 15 heavy (non-hydrogen) atoms. The number of halogens is 4. The summed E-state index contributed by atoms with van der Waals surface area (Å²) in [5.41, 5.74) is -0.623. The van der Waals surface area contributed by atoms with Crippen molar-refractivity contribution in [3.8, 4) is 0 Å². The quantitative estimate of drug-likeness (QED) is 0.657. The van der Waals surface area contributed by atoms with Crippen LogP contribution in [0.25, 0.3) is 11.0 Å². The Bertz CT molecular complexity index is 512. The lowest BCUT2D eigenvalue weighted by molar-refractivity contribution is -0.137. The molecule has 0 fully saturated rings. The number of hydrogen-bond acceptors (Lipinski definition) is 3.